The molecule has 5 saturated carbocycles. The standard InChI is InChI=1S/2C16H22O5.C12H10O3.2C11H12O2.2C6H13BrO2/c2*1-3-19-14(20-4-2)11-21-13-7-5-12(6-8-13)16(9-10-16)15(17)18;13-11(14)12(4-5-12)9-1-2-10-8(7-9)3-6-15-10;2*1-8(12)11(6-7-11)9-2-4-10(13)5-3-9;2*1-3-8-6(5-7)9-4-2/h2*5-8,14H,3-4,9-11H2,1-2H3,(H,17,18);1-3,6-7H,4-5H2,(H,13,14);2*2-5,13H,6-7H2,1H3;2*6H,3-5H2,1-2H3. The lowest BCUT2D eigenvalue weighted by atomic mass is 9.92. The van der Waals surface area contributed by atoms with Crippen LogP contribution in [0.2, 0.25) is 0 Å². The smallest absolute Gasteiger partial charge is 0.314 e. The van der Waals surface area contributed by atoms with Gasteiger partial charge in [0.25, 0.3) is 0 Å². The molecule has 11 rings (SSSR count). The van der Waals surface area contributed by atoms with E-state index in [4.69, 9.17) is 67.1 Å². The number of phenols is 2. The number of ketones is 2. The Morgan fingerprint density at radius 2 is 0.634 bits per heavy atom. The highest BCUT2D eigenvalue weighted by atomic mass is 79.9. The van der Waals surface area contributed by atoms with Crippen molar-refractivity contribution in [3.8, 4) is 23.0 Å². The molecule has 0 atom stereocenters. The van der Waals surface area contributed by atoms with Gasteiger partial charge in [0.05, 0.1) is 44.0 Å². The van der Waals surface area contributed by atoms with Crippen LogP contribution in [-0.2, 0) is 88.9 Å². The van der Waals surface area contributed by atoms with Crippen molar-refractivity contribution in [1.82, 2.24) is 0 Å². The van der Waals surface area contributed by atoms with E-state index in [9.17, 15) is 34.2 Å². The molecule has 1 heterocycles. The van der Waals surface area contributed by atoms with Crippen molar-refractivity contribution in [3.05, 3.63) is 155 Å². The molecule has 101 heavy (non-hydrogen) atoms. The second-order valence-electron chi connectivity index (χ2n) is 24.5. The van der Waals surface area contributed by atoms with Crippen molar-refractivity contribution in [2.24, 2.45) is 0 Å². The summed E-state index contributed by atoms with van der Waals surface area (Å²) in [5, 5.41) is 48.3. The number of ether oxygens (including phenoxy) is 10. The number of carbonyl (C=O) groups is 5. The molecule has 5 aliphatic carbocycles. The van der Waals surface area contributed by atoms with Gasteiger partial charge in [-0.05, 0) is 228 Å². The van der Waals surface area contributed by atoms with E-state index in [0.717, 1.165) is 88.0 Å². The Balaban J connectivity index is 0.000000217. The maximum atomic E-state index is 11.4. The van der Waals surface area contributed by atoms with Gasteiger partial charge in [-0.1, -0.05) is 86.5 Å². The van der Waals surface area contributed by atoms with Gasteiger partial charge >= 0.3 is 17.9 Å². The number of aliphatic carboxylic acids is 3. The van der Waals surface area contributed by atoms with E-state index in [1.165, 1.54) is 0 Å². The zero-order chi connectivity index (χ0) is 74.2. The van der Waals surface area contributed by atoms with Crippen molar-refractivity contribution in [2.45, 2.75) is 186 Å². The van der Waals surface area contributed by atoms with Crippen molar-refractivity contribution >= 4 is 72.3 Å². The Kier molecular flexibility index (Phi) is 35.4. The fourth-order valence-electron chi connectivity index (χ4n) is 11.1. The minimum atomic E-state index is -0.746. The third-order valence-electron chi connectivity index (χ3n) is 17.8. The molecule has 5 aliphatic rings. The Morgan fingerprint density at radius 3 is 0.891 bits per heavy atom. The number of furan rings is 1. The normalized spacial score (nSPS) is 15.9. The Morgan fingerprint density at radius 1 is 0.376 bits per heavy atom. The highest BCUT2D eigenvalue weighted by molar-refractivity contribution is 9.09. The number of hydrogen-bond acceptors (Lipinski definition) is 18. The summed E-state index contributed by atoms with van der Waals surface area (Å²) in [6.45, 7) is 24.4. The first-order chi connectivity index (χ1) is 48.5. The number of halogens is 2. The van der Waals surface area contributed by atoms with Crippen LogP contribution in [0.4, 0.5) is 0 Å². The van der Waals surface area contributed by atoms with Gasteiger partial charge in [-0.25, -0.2) is 0 Å². The molecule has 0 amide bonds. The molecule has 1 aromatic heterocycles. The predicted octanol–water partition coefficient (Wildman–Crippen LogP) is 15.3. The predicted molar refractivity (Wildman–Crippen MR) is 391 cm³/mol. The molecule has 21 nitrogen and oxygen atoms in total. The second-order valence-corrected chi connectivity index (χ2v) is 25.8. The highest BCUT2D eigenvalue weighted by Gasteiger charge is 2.54. The van der Waals surface area contributed by atoms with E-state index in [-0.39, 0.29) is 59.1 Å². The number of carboxylic acid groups (broad SMARTS) is 3. The maximum Gasteiger partial charge on any atom is 0.314 e. The van der Waals surface area contributed by atoms with Crippen LogP contribution in [0.25, 0.3) is 11.0 Å². The van der Waals surface area contributed by atoms with Crippen molar-refractivity contribution in [2.75, 3.05) is 76.7 Å². The van der Waals surface area contributed by atoms with E-state index >= 15 is 0 Å². The van der Waals surface area contributed by atoms with Crippen molar-refractivity contribution < 1.29 is 101 Å². The van der Waals surface area contributed by atoms with E-state index in [1.54, 1.807) is 68.6 Å². The Bertz CT molecular complexity index is 3230. The quantitative estimate of drug-likeness (QED) is 0.0185. The first-order valence-electron chi connectivity index (χ1n) is 34.8. The van der Waals surface area contributed by atoms with Gasteiger partial charge < -0.3 is 77.3 Å². The molecule has 0 spiro atoms. The SMILES string of the molecule is CC(=O)C1(c2ccc(O)cc2)CC1.CC(=O)C1(c2ccc(O)cc2)CC1.CCOC(CBr)OCC.CCOC(CBr)OCC.CCOC(COc1ccc(C2(C(=O)O)CC2)cc1)OCC.CCOC(COc1ccc(C2(C(=O)O)CC2)cc1)OCC.O=C(O)C1(c2ccc3occc3c2)CC1. The summed E-state index contributed by atoms with van der Waals surface area (Å²) in [5.74, 6) is 0.134. The fraction of sp³-hybridized carbons (Fsp3) is 0.526. The number of carbonyl (C=O) groups excluding carboxylic acids is 2. The van der Waals surface area contributed by atoms with E-state index in [2.05, 4.69) is 31.9 Å². The summed E-state index contributed by atoms with van der Waals surface area (Å²) in [5.41, 5.74) is 3.07. The number of rotatable bonds is 34. The molecule has 23 heteroatoms. The third-order valence-corrected chi connectivity index (χ3v) is 18.9. The molecular formula is C78H104Br2O21. The Labute approximate surface area is 611 Å². The minimum absolute atomic E-state index is 0.0694. The average Bonchev–Trinajstić information content (AvgIpc) is 1.64. The highest BCUT2D eigenvalue weighted by Crippen LogP contribution is 2.52. The summed E-state index contributed by atoms with van der Waals surface area (Å²) < 4.78 is 58.7. The van der Waals surface area contributed by atoms with Crippen molar-refractivity contribution in [1.29, 1.82) is 0 Å². The fourth-order valence-corrected chi connectivity index (χ4v) is 11.9. The van der Waals surface area contributed by atoms with Crippen molar-refractivity contribution in [3.63, 3.8) is 0 Å². The van der Waals surface area contributed by atoms with Gasteiger partial charge in [0, 0.05) is 58.2 Å². The number of hydrogen-bond donors (Lipinski definition) is 5. The largest absolute Gasteiger partial charge is 0.508 e. The Hall–Kier alpha value is -6.77. The van der Waals surface area contributed by atoms with Gasteiger partial charge in [0.2, 0.25) is 0 Å². The molecule has 556 valence electrons. The summed E-state index contributed by atoms with van der Waals surface area (Å²) in [6.07, 6.45) is 8.84. The van der Waals surface area contributed by atoms with Crippen LogP contribution in [0.1, 0.15) is 161 Å². The first kappa shape index (κ1) is 84.9. The lowest BCUT2D eigenvalue weighted by Gasteiger charge is -2.18. The molecule has 5 aromatic carbocycles. The van der Waals surface area contributed by atoms with Crippen LogP contribution >= 0.6 is 31.9 Å². The second kappa shape index (κ2) is 42.1. The zero-order valence-electron chi connectivity index (χ0n) is 60.0. The summed E-state index contributed by atoms with van der Waals surface area (Å²) in [4.78, 5) is 56.4. The van der Waals surface area contributed by atoms with Crippen LogP contribution in [0.5, 0.6) is 23.0 Å². The molecule has 5 N–H and O–H groups in total. The third kappa shape index (κ3) is 25.3. The molecule has 0 aliphatic heterocycles. The van der Waals surface area contributed by atoms with E-state index in [0.29, 0.717) is 103 Å². The molecule has 0 unspecified atom stereocenters. The number of fused-ring (bicyclic) bond motifs is 1. The molecular weight excluding hydrogens is 1430 g/mol. The zero-order valence-corrected chi connectivity index (χ0v) is 63.2. The summed E-state index contributed by atoms with van der Waals surface area (Å²) in [7, 11) is 0. The number of carboxylic acids is 3. The van der Waals surface area contributed by atoms with Gasteiger partial charge in [-0.3, -0.25) is 24.0 Å². The van der Waals surface area contributed by atoms with E-state index < -0.39 is 34.2 Å². The van der Waals surface area contributed by atoms with Gasteiger partial charge in [-0.15, -0.1) is 0 Å². The van der Waals surface area contributed by atoms with Gasteiger partial charge in [0.15, 0.2) is 25.2 Å². The molecule has 6 aromatic rings. The van der Waals surface area contributed by atoms with Crippen LogP contribution in [0.15, 0.2) is 132 Å². The summed E-state index contributed by atoms with van der Waals surface area (Å²) in [6, 6.07) is 35.9. The van der Waals surface area contributed by atoms with Gasteiger partial charge in [0.1, 0.15) is 53.4 Å². The number of Topliss-reactive ketones (excluding diaryl/α,β-unsaturated/α-hetero) is 2. The molecule has 0 bridgehead atoms. The molecule has 5 fully saturated rings. The topological polar surface area (TPSA) is 292 Å². The molecule has 0 radical (unpaired) electrons. The number of phenolic OH excluding ortho intramolecular Hbond substituents is 2. The lowest BCUT2D eigenvalue weighted by molar-refractivity contribution is -0.152. The van der Waals surface area contributed by atoms with Crippen LogP contribution in [0, 0.1) is 0 Å². The molecule has 0 saturated heterocycles. The minimum Gasteiger partial charge on any atom is -0.508 e. The number of aromatic hydroxyl groups is 2. The number of benzene rings is 5. The van der Waals surface area contributed by atoms with Crippen LogP contribution in [-0.4, -0.2) is 157 Å². The van der Waals surface area contributed by atoms with Gasteiger partial charge in [-0.2, -0.15) is 0 Å². The monoisotopic (exact) mass is 1530 g/mol. The number of alkyl halides is 2. The van der Waals surface area contributed by atoms with E-state index in [1.807, 2.05) is 128 Å². The average molecular weight is 1540 g/mol. The lowest BCUT2D eigenvalue weighted by Crippen LogP contribution is -2.25. The van der Waals surface area contributed by atoms with Crippen LogP contribution < -0.4 is 9.47 Å². The summed E-state index contributed by atoms with van der Waals surface area (Å²) >= 11 is 6.54. The van der Waals surface area contributed by atoms with Crippen LogP contribution in [0.3, 0.4) is 0 Å². The first-order valence-corrected chi connectivity index (χ1v) is 37.0. The maximum absolute atomic E-state index is 11.4.